The van der Waals surface area contributed by atoms with Gasteiger partial charge in [-0.3, -0.25) is 4.79 Å². The smallest absolute Gasteiger partial charge is 0.260 e. The molecule has 0 aliphatic rings. The SMILES string of the molecule is COc1ccc(Oc2ccc(NC(=O)c3c(C)nsc3Nc3cc(C#N)ccn3)cn2)cc1. The van der Waals surface area contributed by atoms with Gasteiger partial charge in [0.25, 0.3) is 5.91 Å². The zero-order chi connectivity index (χ0) is 23.2. The van der Waals surface area contributed by atoms with E-state index in [2.05, 4.69) is 31.0 Å². The number of hydrogen-bond acceptors (Lipinski definition) is 9. The lowest BCUT2D eigenvalue weighted by molar-refractivity contribution is 0.102. The summed E-state index contributed by atoms with van der Waals surface area (Å²) in [5.41, 5.74) is 1.93. The number of ether oxygens (including phenoxy) is 2. The van der Waals surface area contributed by atoms with Gasteiger partial charge >= 0.3 is 0 Å². The van der Waals surface area contributed by atoms with Gasteiger partial charge in [0, 0.05) is 12.3 Å². The monoisotopic (exact) mass is 458 g/mol. The normalized spacial score (nSPS) is 10.2. The van der Waals surface area contributed by atoms with E-state index in [0.29, 0.717) is 45.0 Å². The summed E-state index contributed by atoms with van der Waals surface area (Å²) < 4.78 is 15.1. The van der Waals surface area contributed by atoms with E-state index in [-0.39, 0.29) is 5.91 Å². The third-order valence-electron chi connectivity index (χ3n) is 4.50. The van der Waals surface area contributed by atoms with Gasteiger partial charge < -0.3 is 20.1 Å². The van der Waals surface area contributed by atoms with Crippen LogP contribution >= 0.6 is 11.5 Å². The van der Waals surface area contributed by atoms with Crippen molar-refractivity contribution in [2.45, 2.75) is 6.92 Å². The molecule has 9 nitrogen and oxygen atoms in total. The van der Waals surface area contributed by atoms with Crippen molar-refractivity contribution in [1.29, 1.82) is 5.26 Å². The summed E-state index contributed by atoms with van der Waals surface area (Å²) in [6.07, 6.45) is 3.03. The van der Waals surface area contributed by atoms with Gasteiger partial charge in [0.2, 0.25) is 5.88 Å². The number of nitrogens with zero attached hydrogens (tertiary/aromatic N) is 4. The number of nitriles is 1. The van der Waals surface area contributed by atoms with E-state index < -0.39 is 0 Å². The van der Waals surface area contributed by atoms with Gasteiger partial charge in [-0.1, -0.05) is 0 Å². The van der Waals surface area contributed by atoms with Crippen LogP contribution in [0.15, 0.2) is 60.9 Å². The van der Waals surface area contributed by atoms with Crippen LogP contribution in [0.1, 0.15) is 21.6 Å². The molecule has 164 valence electrons. The van der Waals surface area contributed by atoms with Crippen LogP contribution in [-0.2, 0) is 0 Å². The van der Waals surface area contributed by atoms with Crippen molar-refractivity contribution in [1.82, 2.24) is 14.3 Å². The van der Waals surface area contributed by atoms with Crippen LogP contribution in [0.5, 0.6) is 17.4 Å². The first kappa shape index (κ1) is 21.7. The molecule has 0 fully saturated rings. The molecule has 33 heavy (non-hydrogen) atoms. The average Bonchev–Trinajstić information content (AvgIpc) is 3.20. The Hall–Kier alpha value is -4.49. The summed E-state index contributed by atoms with van der Waals surface area (Å²) in [5, 5.41) is 15.5. The lowest BCUT2D eigenvalue weighted by atomic mass is 10.2. The number of aromatic nitrogens is 3. The van der Waals surface area contributed by atoms with Gasteiger partial charge in [0.1, 0.15) is 22.3 Å². The molecule has 0 aliphatic carbocycles. The summed E-state index contributed by atoms with van der Waals surface area (Å²) in [4.78, 5) is 21.4. The van der Waals surface area contributed by atoms with Gasteiger partial charge in [-0.15, -0.1) is 0 Å². The highest BCUT2D eigenvalue weighted by Crippen LogP contribution is 2.29. The van der Waals surface area contributed by atoms with Crippen LogP contribution in [0, 0.1) is 18.3 Å². The summed E-state index contributed by atoms with van der Waals surface area (Å²) in [6, 6.07) is 15.8. The average molecular weight is 459 g/mol. The van der Waals surface area contributed by atoms with E-state index in [4.69, 9.17) is 14.7 Å². The summed E-state index contributed by atoms with van der Waals surface area (Å²) in [6.45, 7) is 1.75. The highest BCUT2D eigenvalue weighted by atomic mass is 32.1. The molecule has 3 heterocycles. The van der Waals surface area contributed by atoms with Crippen molar-refractivity contribution in [3.8, 4) is 23.4 Å². The van der Waals surface area contributed by atoms with Crippen LogP contribution in [-0.4, -0.2) is 27.4 Å². The summed E-state index contributed by atoms with van der Waals surface area (Å²) in [7, 11) is 1.60. The first-order valence-corrected chi connectivity index (χ1v) is 10.5. The van der Waals surface area contributed by atoms with Crippen LogP contribution in [0.4, 0.5) is 16.5 Å². The summed E-state index contributed by atoms with van der Waals surface area (Å²) in [5.74, 6) is 1.84. The Balaban J connectivity index is 1.45. The second-order valence-electron chi connectivity index (χ2n) is 6.76. The Bertz CT molecular complexity index is 1310. The van der Waals surface area contributed by atoms with E-state index in [0.717, 1.165) is 17.3 Å². The van der Waals surface area contributed by atoms with Gasteiger partial charge in [-0.2, -0.15) is 9.64 Å². The fraction of sp³-hybridized carbons (Fsp3) is 0.0870. The number of anilines is 3. The van der Waals surface area contributed by atoms with Crippen LogP contribution in [0.2, 0.25) is 0 Å². The molecular formula is C23H18N6O3S. The molecule has 1 aromatic carbocycles. The Kier molecular flexibility index (Phi) is 6.43. The standard InChI is InChI=1S/C23H18N6O3S/c1-14-21(23(33-29-14)28-19-11-15(12-24)9-10-25-19)22(30)27-16-3-8-20(26-13-16)32-18-6-4-17(31-2)5-7-18/h3-11,13H,1-2H3,(H,25,28)(H,27,30). The van der Waals surface area contributed by atoms with Crippen molar-refractivity contribution in [3.05, 3.63) is 77.7 Å². The Morgan fingerprint density at radius 3 is 2.58 bits per heavy atom. The number of hydrogen-bond donors (Lipinski definition) is 2. The lowest BCUT2D eigenvalue weighted by Gasteiger charge is -2.09. The Morgan fingerprint density at radius 1 is 1.09 bits per heavy atom. The van der Waals surface area contributed by atoms with Crippen molar-refractivity contribution in [3.63, 3.8) is 0 Å². The number of rotatable bonds is 7. The molecule has 0 bridgehead atoms. The molecule has 3 aromatic heterocycles. The zero-order valence-electron chi connectivity index (χ0n) is 17.7. The van der Waals surface area contributed by atoms with Crippen molar-refractivity contribution in [2.24, 2.45) is 0 Å². The predicted octanol–water partition coefficient (Wildman–Crippen LogP) is 4.91. The number of pyridine rings is 2. The van der Waals surface area contributed by atoms with Crippen LogP contribution < -0.4 is 20.1 Å². The number of carbonyl (C=O) groups is 1. The molecule has 0 saturated carbocycles. The Morgan fingerprint density at radius 2 is 1.88 bits per heavy atom. The molecule has 2 N–H and O–H groups in total. The quantitative estimate of drug-likeness (QED) is 0.401. The van der Waals surface area contributed by atoms with E-state index in [9.17, 15) is 4.79 Å². The third kappa shape index (κ3) is 5.23. The molecule has 1 amide bonds. The van der Waals surface area contributed by atoms with Gasteiger partial charge in [0.15, 0.2) is 0 Å². The van der Waals surface area contributed by atoms with Crippen molar-refractivity contribution < 1.29 is 14.3 Å². The second kappa shape index (κ2) is 9.76. The number of benzene rings is 1. The lowest BCUT2D eigenvalue weighted by Crippen LogP contribution is -2.14. The predicted molar refractivity (Wildman–Crippen MR) is 124 cm³/mol. The summed E-state index contributed by atoms with van der Waals surface area (Å²) >= 11 is 1.14. The fourth-order valence-corrected chi connectivity index (χ4v) is 3.68. The first-order valence-electron chi connectivity index (χ1n) is 9.74. The van der Waals surface area contributed by atoms with Crippen molar-refractivity contribution in [2.75, 3.05) is 17.7 Å². The number of carbonyl (C=O) groups excluding carboxylic acids is 1. The molecule has 0 spiro atoms. The number of aryl methyl sites for hydroxylation is 1. The van der Waals surface area contributed by atoms with Gasteiger partial charge in [-0.05, 0) is 60.9 Å². The van der Waals surface area contributed by atoms with Gasteiger partial charge in [-0.25, -0.2) is 9.97 Å². The number of methoxy groups -OCH3 is 1. The second-order valence-corrected chi connectivity index (χ2v) is 7.53. The molecule has 0 unspecified atom stereocenters. The van der Waals surface area contributed by atoms with Gasteiger partial charge in [0.05, 0.1) is 41.9 Å². The minimum Gasteiger partial charge on any atom is -0.497 e. The third-order valence-corrected chi connectivity index (χ3v) is 5.35. The maximum Gasteiger partial charge on any atom is 0.260 e. The molecule has 0 saturated heterocycles. The Labute approximate surface area is 193 Å². The van der Waals surface area contributed by atoms with Crippen LogP contribution in [0.3, 0.4) is 0 Å². The molecule has 0 aliphatic heterocycles. The maximum atomic E-state index is 12.9. The molecule has 4 rings (SSSR count). The molecular weight excluding hydrogens is 440 g/mol. The van der Waals surface area contributed by atoms with E-state index in [1.165, 1.54) is 12.4 Å². The minimum absolute atomic E-state index is 0.342. The number of amides is 1. The number of nitrogens with one attached hydrogen (secondary N) is 2. The minimum atomic E-state index is -0.342. The van der Waals surface area contributed by atoms with E-state index >= 15 is 0 Å². The molecule has 10 heteroatoms. The zero-order valence-corrected chi connectivity index (χ0v) is 18.5. The molecule has 0 radical (unpaired) electrons. The maximum absolute atomic E-state index is 12.9. The van der Waals surface area contributed by atoms with Crippen molar-refractivity contribution >= 4 is 33.9 Å². The van der Waals surface area contributed by atoms with E-state index in [1.807, 2.05) is 0 Å². The van der Waals surface area contributed by atoms with Crippen LogP contribution in [0.25, 0.3) is 0 Å². The fourth-order valence-electron chi connectivity index (χ4n) is 2.88. The molecule has 0 atom stereocenters. The topological polar surface area (TPSA) is 122 Å². The van der Waals surface area contributed by atoms with E-state index in [1.54, 1.807) is 62.6 Å². The highest BCUT2D eigenvalue weighted by molar-refractivity contribution is 7.10. The largest absolute Gasteiger partial charge is 0.497 e. The molecule has 4 aromatic rings. The highest BCUT2D eigenvalue weighted by Gasteiger charge is 2.19. The first-order chi connectivity index (χ1) is 16.1.